The number of methoxy groups -OCH3 is 2. The molecule has 1 saturated heterocycles. The normalized spacial score (nSPS) is 15.1. The van der Waals surface area contributed by atoms with Gasteiger partial charge in [0, 0.05) is 37.8 Å². The highest BCUT2D eigenvalue weighted by Gasteiger charge is 2.25. The SMILES string of the molecule is COc1cc(OC)cc(C(=O)Nc2ccccc2N2CCN(S(C)(=O)=O)CC2)c1. The maximum absolute atomic E-state index is 12.8. The molecule has 8 nitrogen and oxygen atoms in total. The minimum absolute atomic E-state index is 0.288. The molecule has 3 rings (SSSR count). The number of hydrogen-bond acceptors (Lipinski definition) is 6. The van der Waals surface area contributed by atoms with Gasteiger partial charge in [-0.2, -0.15) is 4.31 Å². The summed E-state index contributed by atoms with van der Waals surface area (Å²) in [6.45, 7) is 1.92. The molecule has 2 aromatic carbocycles. The zero-order chi connectivity index (χ0) is 21.0. The fraction of sp³-hybridized carbons (Fsp3) is 0.350. The van der Waals surface area contributed by atoms with Crippen molar-refractivity contribution < 1.29 is 22.7 Å². The molecule has 0 bridgehead atoms. The predicted molar refractivity (Wildman–Crippen MR) is 113 cm³/mol. The number of carbonyl (C=O) groups is 1. The van der Waals surface area contributed by atoms with E-state index >= 15 is 0 Å². The number of carbonyl (C=O) groups excluding carboxylic acids is 1. The first-order chi connectivity index (χ1) is 13.8. The summed E-state index contributed by atoms with van der Waals surface area (Å²) in [5, 5.41) is 2.94. The van der Waals surface area contributed by atoms with E-state index < -0.39 is 10.0 Å². The van der Waals surface area contributed by atoms with E-state index in [-0.39, 0.29) is 5.91 Å². The Balaban J connectivity index is 1.79. The Bertz CT molecular complexity index is 963. The topological polar surface area (TPSA) is 88.2 Å². The van der Waals surface area contributed by atoms with Gasteiger partial charge >= 0.3 is 0 Å². The molecule has 2 aromatic rings. The summed E-state index contributed by atoms with van der Waals surface area (Å²) in [5.74, 6) is 0.767. The number of sulfonamides is 1. The number of amides is 1. The highest BCUT2D eigenvalue weighted by Crippen LogP contribution is 2.29. The van der Waals surface area contributed by atoms with Crippen LogP contribution >= 0.6 is 0 Å². The van der Waals surface area contributed by atoms with Gasteiger partial charge in [-0.15, -0.1) is 0 Å². The Hall–Kier alpha value is -2.78. The van der Waals surface area contributed by atoms with Crippen LogP contribution in [0.25, 0.3) is 0 Å². The summed E-state index contributed by atoms with van der Waals surface area (Å²) in [4.78, 5) is 14.9. The molecule has 1 amide bonds. The van der Waals surface area contributed by atoms with Crippen molar-refractivity contribution in [3.8, 4) is 11.5 Å². The van der Waals surface area contributed by atoms with Crippen LogP contribution in [0.2, 0.25) is 0 Å². The third-order valence-corrected chi connectivity index (χ3v) is 6.12. The highest BCUT2D eigenvalue weighted by atomic mass is 32.2. The molecule has 1 aliphatic rings. The molecule has 1 fully saturated rings. The molecule has 0 spiro atoms. The Morgan fingerprint density at radius 1 is 0.966 bits per heavy atom. The van der Waals surface area contributed by atoms with Crippen LogP contribution in [0, 0.1) is 0 Å². The van der Waals surface area contributed by atoms with Gasteiger partial charge in [-0.3, -0.25) is 4.79 Å². The minimum Gasteiger partial charge on any atom is -0.497 e. The predicted octanol–water partition coefficient (Wildman–Crippen LogP) is 2.04. The van der Waals surface area contributed by atoms with Gasteiger partial charge in [0.2, 0.25) is 10.0 Å². The lowest BCUT2D eigenvalue weighted by Crippen LogP contribution is -2.48. The standard InChI is InChI=1S/C20H25N3O5S/c1-27-16-12-15(13-17(14-16)28-2)20(24)21-18-6-4-5-7-19(18)22-8-10-23(11-9-22)29(3,25)26/h4-7,12-14H,8-11H2,1-3H3,(H,21,24). The number of nitrogens with one attached hydrogen (secondary N) is 1. The molecule has 0 aliphatic carbocycles. The first kappa shape index (κ1) is 20.9. The summed E-state index contributed by atoms with van der Waals surface area (Å²) in [7, 11) is -0.137. The summed E-state index contributed by atoms with van der Waals surface area (Å²) in [6.07, 6.45) is 1.22. The molecule has 0 aromatic heterocycles. The average Bonchev–Trinajstić information content (AvgIpc) is 2.73. The largest absolute Gasteiger partial charge is 0.497 e. The Morgan fingerprint density at radius 3 is 2.10 bits per heavy atom. The average molecular weight is 420 g/mol. The first-order valence-corrected chi connectivity index (χ1v) is 11.0. The van der Waals surface area contributed by atoms with E-state index in [1.165, 1.54) is 24.8 Å². The van der Waals surface area contributed by atoms with Gasteiger partial charge < -0.3 is 19.7 Å². The number of ether oxygens (including phenoxy) is 2. The molecule has 0 radical (unpaired) electrons. The third-order valence-electron chi connectivity index (χ3n) is 4.81. The summed E-state index contributed by atoms with van der Waals surface area (Å²) in [5.41, 5.74) is 1.92. The van der Waals surface area contributed by atoms with Crippen molar-refractivity contribution in [2.24, 2.45) is 0 Å². The molecule has 9 heteroatoms. The number of piperazine rings is 1. The lowest BCUT2D eigenvalue weighted by molar-refractivity contribution is 0.102. The third kappa shape index (κ3) is 4.99. The molecule has 29 heavy (non-hydrogen) atoms. The van der Waals surface area contributed by atoms with E-state index in [0.717, 1.165) is 5.69 Å². The molecular weight excluding hydrogens is 394 g/mol. The van der Waals surface area contributed by atoms with Crippen molar-refractivity contribution in [3.05, 3.63) is 48.0 Å². The number of para-hydroxylation sites is 2. The van der Waals surface area contributed by atoms with Crippen LogP contribution < -0.4 is 19.7 Å². The smallest absolute Gasteiger partial charge is 0.255 e. The van der Waals surface area contributed by atoms with Gasteiger partial charge in [-0.25, -0.2) is 8.42 Å². The van der Waals surface area contributed by atoms with Crippen LogP contribution in [-0.4, -0.2) is 65.3 Å². The Kier molecular flexibility index (Phi) is 6.29. The van der Waals surface area contributed by atoms with Crippen molar-refractivity contribution in [1.82, 2.24) is 4.31 Å². The second-order valence-electron chi connectivity index (χ2n) is 6.72. The highest BCUT2D eigenvalue weighted by molar-refractivity contribution is 7.88. The molecule has 0 unspecified atom stereocenters. The fourth-order valence-corrected chi connectivity index (χ4v) is 4.08. The number of anilines is 2. The van der Waals surface area contributed by atoms with Crippen LogP contribution in [0.1, 0.15) is 10.4 Å². The zero-order valence-electron chi connectivity index (χ0n) is 16.7. The molecule has 0 saturated carbocycles. The lowest BCUT2D eigenvalue weighted by atomic mass is 10.1. The van der Waals surface area contributed by atoms with E-state index in [4.69, 9.17) is 9.47 Å². The van der Waals surface area contributed by atoms with Crippen molar-refractivity contribution in [2.45, 2.75) is 0 Å². The molecule has 1 N–H and O–H groups in total. The van der Waals surface area contributed by atoms with Crippen molar-refractivity contribution in [3.63, 3.8) is 0 Å². The quantitative estimate of drug-likeness (QED) is 0.771. The van der Waals surface area contributed by atoms with Gasteiger partial charge in [0.15, 0.2) is 0 Å². The van der Waals surface area contributed by atoms with Crippen LogP contribution in [0.5, 0.6) is 11.5 Å². The lowest BCUT2D eigenvalue weighted by Gasteiger charge is -2.35. The first-order valence-electron chi connectivity index (χ1n) is 9.15. The van der Waals surface area contributed by atoms with Gasteiger partial charge in [0.05, 0.1) is 31.9 Å². The zero-order valence-corrected chi connectivity index (χ0v) is 17.5. The van der Waals surface area contributed by atoms with Gasteiger partial charge in [-0.05, 0) is 24.3 Å². The molecule has 1 aliphatic heterocycles. The van der Waals surface area contributed by atoms with Crippen molar-refractivity contribution >= 4 is 27.3 Å². The monoisotopic (exact) mass is 419 g/mol. The second kappa shape index (κ2) is 8.71. The van der Waals surface area contributed by atoms with Gasteiger partial charge in [-0.1, -0.05) is 12.1 Å². The van der Waals surface area contributed by atoms with Crippen LogP contribution in [-0.2, 0) is 10.0 Å². The van der Waals surface area contributed by atoms with E-state index in [1.807, 2.05) is 24.3 Å². The van der Waals surface area contributed by atoms with E-state index in [2.05, 4.69) is 10.2 Å². The van der Waals surface area contributed by atoms with Crippen molar-refractivity contribution in [1.29, 1.82) is 0 Å². The van der Waals surface area contributed by atoms with Crippen LogP contribution in [0.3, 0.4) is 0 Å². The molecule has 1 heterocycles. The van der Waals surface area contributed by atoms with Gasteiger partial charge in [0.1, 0.15) is 11.5 Å². The number of benzene rings is 2. The number of rotatable bonds is 6. The fourth-order valence-electron chi connectivity index (χ4n) is 3.25. The molecule has 156 valence electrons. The minimum atomic E-state index is -3.20. The van der Waals surface area contributed by atoms with Crippen molar-refractivity contribution in [2.75, 3.05) is 56.9 Å². The Labute approximate surface area is 171 Å². The molecule has 0 atom stereocenters. The van der Waals surface area contributed by atoms with E-state index in [1.54, 1.807) is 18.2 Å². The van der Waals surface area contributed by atoms with E-state index in [0.29, 0.717) is 48.9 Å². The van der Waals surface area contributed by atoms with Gasteiger partial charge in [0.25, 0.3) is 5.91 Å². The van der Waals surface area contributed by atoms with E-state index in [9.17, 15) is 13.2 Å². The number of hydrogen-bond donors (Lipinski definition) is 1. The Morgan fingerprint density at radius 2 is 1.55 bits per heavy atom. The second-order valence-corrected chi connectivity index (χ2v) is 8.70. The maximum atomic E-state index is 12.8. The van der Waals surface area contributed by atoms with Crippen LogP contribution in [0.4, 0.5) is 11.4 Å². The maximum Gasteiger partial charge on any atom is 0.255 e. The number of nitrogens with zero attached hydrogens (tertiary/aromatic N) is 2. The summed E-state index contributed by atoms with van der Waals surface area (Å²) >= 11 is 0. The summed E-state index contributed by atoms with van der Waals surface area (Å²) in [6, 6.07) is 12.5. The molecular formula is C20H25N3O5S. The summed E-state index contributed by atoms with van der Waals surface area (Å²) < 4.78 is 35.4. The van der Waals surface area contributed by atoms with Crippen LogP contribution in [0.15, 0.2) is 42.5 Å².